The molecule has 1 atom stereocenters. The fraction of sp³-hybridized carbons (Fsp3) is 0.417. The molecule has 0 radical (unpaired) electrons. The SMILES string of the molecule is COC(=O)COc1ccc(/C(=C\C2CCOC2)c2ccc(C3CC3)c(OC)n2)cc1F. The van der Waals surface area contributed by atoms with Crippen LogP contribution in [0.4, 0.5) is 4.39 Å². The molecule has 2 aromatic rings. The van der Waals surface area contributed by atoms with Crippen LogP contribution in [-0.2, 0) is 14.3 Å². The molecule has 0 N–H and O–H groups in total. The number of carbonyl (C=O) groups excluding carboxylic acids is 1. The molecule has 1 aromatic heterocycles. The largest absolute Gasteiger partial charge is 0.481 e. The summed E-state index contributed by atoms with van der Waals surface area (Å²) in [5.41, 5.74) is 3.32. The van der Waals surface area contributed by atoms with E-state index in [1.807, 2.05) is 6.07 Å². The number of hydrogen-bond donors (Lipinski definition) is 0. The minimum absolute atomic E-state index is 0.00711. The van der Waals surface area contributed by atoms with Gasteiger partial charge in [0.1, 0.15) is 0 Å². The summed E-state index contributed by atoms with van der Waals surface area (Å²) in [6, 6.07) is 8.71. The van der Waals surface area contributed by atoms with E-state index in [2.05, 4.69) is 16.9 Å². The molecule has 7 heteroatoms. The Morgan fingerprint density at radius 3 is 2.71 bits per heavy atom. The lowest BCUT2D eigenvalue weighted by molar-refractivity contribution is -0.142. The van der Waals surface area contributed by atoms with Gasteiger partial charge in [0.15, 0.2) is 18.2 Å². The monoisotopic (exact) mass is 427 g/mol. The number of pyridine rings is 1. The van der Waals surface area contributed by atoms with Crippen molar-refractivity contribution in [3.8, 4) is 11.6 Å². The van der Waals surface area contributed by atoms with Gasteiger partial charge in [-0.25, -0.2) is 14.2 Å². The molecular formula is C24H26FNO5. The van der Waals surface area contributed by atoms with Crippen LogP contribution in [-0.4, -0.2) is 45.0 Å². The lowest BCUT2D eigenvalue weighted by Crippen LogP contribution is -2.13. The molecule has 1 saturated carbocycles. The highest BCUT2D eigenvalue weighted by Crippen LogP contribution is 2.44. The van der Waals surface area contributed by atoms with Crippen LogP contribution in [0.5, 0.6) is 11.6 Å². The summed E-state index contributed by atoms with van der Waals surface area (Å²) in [4.78, 5) is 16.0. The smallest absolute Gasteiger partial charge is 0.343 e. The van der Waals surface area contributed by atoms with Gasteiger partial charge in [0, 0.05) is 23.7 Å². The van der Waals surface area contributed by atoms with Gasteiger partial charge in [-0.3, -0.25) is 0 Å². The van der Waals surface area contributed by atoms with Gasteiger partial charge < -0.3 is 18.9 Å². The predicted octanol–water partition coefficient (Wildman–Crippen LogP) is 4.13. The summed E-state index contributed by atoms with van der Waals surface area (Å²) in [5.74, 6) is 0.216. The van der Waals surface area contributed by atoms with Crippen molar-refractivity contribution in [2.45, 2.75) is 25.2 Å². The zero-order valence-electron chi connectivity index (χ0n) is 17.7. The Labute approximate surface area is 181 Å². The van der Waals surface area contributed by atoms with E-state index in [0.717, 1.165) is 36.1 Å². The maximum atomic E-state index is 14.7. The fourth-order valence-corrected chi connectivity index (χ4v) is 3.70. The maximum Gasteiger partial charge on any atom is 0.343 e. The lowest BCUT2D eigenvalue weighted by atomic mass is 9.95. The minimum atomic E-state index is -0.572. The predicted molar refractivity (Wildman–Crippen MR) is 113 cm³/mol. The van der Waals surface area contributed by atoms with Crippen LogP contribution in [0.1, 0.15) is 42.0 Å². The van der Waals surface area contributed by atoms with Crippen LogP contribution in [0.25, 0.3) is 5.57 Å². The van der Waals surface area contributed by atoms with Crippen molar-refractivity contribution in [1.82, 2.24) is 4.98 Å². The number of nitrogens with zero attached hydrogens (tertiary/aromatic N) is 1. The Hall–Kier alpha value is -2.93. The van der Waals surface area contributed by atoms with Crippen LogP contribution in [0.15, 0.2) is 36.4 Å². The first-order valence-corrected chi connectivity index (χ1v) is 10.4. The van der Waals surface area contributed by atoms with Crippen LogP contribution in [0, 0.1) is 11.7 Å². The van der Waals surface area contributed by atoms with Gasteiger partial charge in [0.2, 0.25) is 5.88 Å². The number of ether oxygens (including phenoxy) is 4. The number of carbonyl (C=O) groups is 1. The third-order valence-corrected chi connectivity index (χ3v) is 5.56. The van der Waals surface area contributed by atoms with E-state index in [9.17, 15) is 9.18 Å². The van der Waals surface area contributed by atoms with Crippen molar-refractivity contribution in [3.63, 3.8) is 0 Å². The summed E-state index contributed by atoms with van der Waals surface area (Å²) < 4.78 is 35.6. The molecule has 2 heterocycles. The molecule has 31 heavy (non-hydrogen) atoms. The van der Waals surface area contributed by atoms with E-state index >= 15 is 0 Å². The molecule has 1 aromatic carbocycles. The number of methoxy groups -OCH3 is 2. The summed E-state index contributed by atoms with van der Waals surface area (Å²) in [6.45, 7) is 0.986. The zero-order chi connectivity index (χ0) is 21.8. The lowest BCUT2D eigenvalue weighted by Gasteiger charge is -2.15. The topological polar surface area (TPSA) is 66.9 Å². The Balaban J connectivity index is 1.67. The summed E-state index contributed by atoms with van der Waals surface area (Å²) in [7, 11) is 2.88. The van der Waals surface area contributed by atoms with Crippen molar-refractivity contribution in [1.29, 1.82) is 0 Å². The zero-order valence-corrected chi connectivity index (χ0v) is 17.7. The van der Waals surface area contributed by atoms with E-state index in [-0.39, 0.29) is 18.3 Å². The molecule has 0 amide bonds. The molecule has 4 rings (SSSR count). The van der Waals surface area contributed by atoms with E-state index in [4.69, 9.17) is 19.2 Å². The van der Waals surface area contributed by atoms with E-state index in [1.165, 1.54) is 19.2 Å². The van der Waals surface area contributed by atoms with Gasteiger partial charge in [0.25, 0.3) is 0 Å². The van der Waals surface area contributed by atoms with Crippen LogP contribution in [0.3, 0.4) is 0 Å². The Morgan fingerprint density at radius 2 is 2.06 bits per heavy atom. The normalized spacial score (nSPS) is 18.7. The van der Waals surface area contributed by atoms with Crippen molar-refractivity contribution >= 4 is 11.5 Å². The number of aromatic nitrogens is 1. The molecule has 1 aliphatic carbocycles. The standard InChI is InChI=1S/C24H26FNO5/c1-28-23(27)14-31-22-8-5-17(12-20(22)25)19(11-15-9-10-30-13-15)21-7-6-18(16-3-4-16)24(26-21)29-2/h5-8,11-12,15-16H,3-4,9-10,13-14H2,1-2H3/b19-11+. The van der Waals surface area contributed by atoms with Gasteiger partial charge >= 0.3 is 5.97 Å². The number of esters is 1. The van der Waals surface area contributed by atoms with Crippen molar-refractivity contribution < 1.29 is 28.1 Å². The third kappa shape index (κ3) is 5.05. The van der Waals surface area contributed by atoms with Crippen LogP contribution >= 0.6 is 0 Å². The first-order valence-electron chi connectivity index (χ1n) is 10.4. The highest BCUT2D eigenvalue weighted by atomic mass is 19.1. The molecule has 1 saturated heterocycles. The van der Waals surface area contributed by atoms with Crippen molar-refractivity contribution in [2.75, 3.05) is 34.0 Å². The number of rotatable bonds is 8. The molecule has 1 aliphatic heterocycles. The second-order valence-electron chi connectivity index (χ2n) is 7.78. The average Bonchev–Trinajstić information content (AvgIpc) is 3.51. The molecular weight excluding hydrogens is 401 g/mol. The Kier molecular flexibility index (Phi) is 6.51. The number of halogens is 1. The van der Waals surface area contributed by atoms with Crippen molar-refractivity contribution in [3.05, 3.63) is 59.0 Å². The quantitative estimate of drug-likeness (QED) is 0.591. The van der Waals surface area contributed by atoms with Crippen LogP contribution in [0.2, 0.25) is 0 Å². The van der Waals surface area contributed by atoms with E-state index < -0.39 is 11.8 Å². The van der Waals surface area contributed by atoms with Crippen LogP contribution < -0.4 is 9.47 Å². The Morgan fingerprint density at radius 1 is 1.23 bits per heavy atom. The van der Waals surface area contributed by atoms with Gasteiger partial charge in [-0.05, 0) is 48.9 Å². The molecule has 0 bridgehead atoms. The second kappa shape index (κ2) is 9.47. The second-order valence-corrected chi connectivity index (χ2v) is 7.78. The molecule has 0 spiro atoms. The molecule has 1 unspecified atom stereocenters. The molecule has 2 aliphatic rings. The van der Waals surface area contributed by atoms with Gasteiger partial charge in [-0.15, -0.1) is 0 Å². The Bertz CT molecular complexity index is 980. The molecule has 164 valence electrons. The first kappa shape index (κ1) is 21.3. The van der Waals surface area contributed by atoms with Gasteiger partial charge in [-0.2, -0.15) is 0 Å². The van der Waals surface area contributed by atoms with E-state index in [0.29, 0.717) is 30.6 Å². The number of hydrogen-bond acceptors (Lipinski definition) is 6. The maximum absolute atomic E-state index is 14.7. The van der Waals surface area contributed by atoms with Crippen molar-refractivity contribution in [2.24, 2.45) is 5.92 Å². The number of benzene rings is 1. The summed E-state index contributed by atoms with van der Waals surface area (Å²) in [5, 5.41) is 0. The highest BCUT2D eigenvalue weighted by Gasteiger charge is 2.28. The average molecular weight is 427 g/mol. The van der Waals surface area contributed by atoms with Gasteiger partial charge in [-0.1, -0.05) is 18.2 Å². The fourth-order valence-electron chi connectivity index (χ4n) is 3.70. The van der Waals surface area contributed by atoms with Gasteiger partial charge in [0.05, 0.1) is 26.5 Å². The summed E-state index contributed by atoms with van der Waals surface area (Å²) >= 11 is 0. The molecule has 6 nitrogen and oxygen atoms in total. The van der Waals surface area contributed by atoms with E-state index in [1.54, 1.807) is 13.2 Å². The first-order chi connectivity index (χ1) is 15.1. The minimum Gasteiger partial charge on any atom is -0.481 e. The highest BCUT2D eigenvalue weighted by molar-refractivity contribution is 5.79. The third-order valence-electron chi connectivity index (χ3n) is 5.56. The summed E-state index contributed by atoms with van der Waals surface area (Å²) in [6.07, 6.45) is 5.30. The molecule has 2 fully saturated rings.